The predicted octanol–water partition coefficient (Wildman–Crippen LogP) is 1.82. The summed E-state index contributed by atoms with van der Waals surface area (Å²) in [6.45, 7) is 0. The van der Waals surface area contributed by atoms with E-state index in [9.17, 15) is 0 Å². The van der Waals surface area contributed by atoms with Crippen LogP contribution in [-0.2, 0) is 0 Å². The first-order valence-corrected chi connectivity index (χ1v) is 2.99. The van der Waals surface area contributed by atoms with Crippen LogP contribution in [0, 0.1) is 0 Å². The van der Waals surface area contributed by atoms with Crippen LogP contribution in [0.5, 0.6) is 0 Å². The molecule has 1 aromatic heterocycles. The lowest BCUT2D eigenvalue weighted by molar-refractivity contribution is 1.37. The van der Waals surface area contributed by atoms with Gasteiger partial charge in [0, 0.05) is 11.6 Å². The number of pyridine rings is 1. The maximum atomic E-state index is 7.68. The Kier molecular flexibility index (Phi) is 0.504. The number of nitrogens with two attached hydrogens (primary N) is 1. The topological polar surface area (TPSA) is 38.9 Å². The molecule has 0 radical (unpaired) electrons. The molecule has 0 bridgehead atoms. The molecule has 0 aliphatic heterocycles. The lowest BCUT2D eigenvalue weighted by atomic mass is 10.2. The minimum Gasteiger partial charge on any atom is -0.383 e. The van der Waals surface area contributed by atoms with Gasteiger partial charge in [-0.3, -0.25) is 0 Å². The molecule has 0 spiro atoms. The summed E-state index contributed by atoms with van der Waals surface area (Å²) in [6.07, 6.45) is -0.403. The van der Waals surface area contributed by atoms with Crippen LogP contribution in [0.4, 0.5) is 5.82 Å². The molecule has 2 rings (SSSR count). The standard InChI is InChI=1S/C9H8N2/c10-9-8-4-2-1-3-7(8)5-6-11-9/h1-6H,(H2,10,11)/i1D,2D,3D,4D,5D,6D. The third kappa shape index (κ3) is 0.923. The number of nitrogen functional groups attached to an aromatic ring is 1. The molecule has 0 atom stereocenters. The second-order valence-corrected chi connectivity index (χ2v) is 1.98. The lowest BCUT2D eigenvalue weighted by Gasteiger charge is -1.97. The van der Waals surface area contributed by atoms with Crippen LogP contribution < -0.4 is 5.73 Å². The first-order chi connectivity index (χ1) is 7.86. The highest BCUT2D eigenvalue weighted by atomic mass is 14.8. The normalized spacial score (nSPS) is 17.8. The van der Waals surface area contributed by atoms with Crippen molar-refractivity contribution in [2.45, 2.75) is 0 Å². The van der Waals surface area contributed by atoms with Crippen LogP contribution in [-0.4, -0.2) is 4.98 Å². The Bertz CT molecular complexity index is 640. The number of aromatic nitrogens is 1. The Labute approximate surface area is 73.1 Å². The van der Waals surface area contributed by atoms with Crippen LogP contribution in [0.25, 0.3) is 10.8 Å². The Morgan fingerprint density at radius 3 is 3.00 bits per heavy atom. The predicted molar refractivity (Wildman–Crippen MR) is 46.2 cm³/mol. The quantitative estimate of drug-likeness (QED) is 0.622. The van der Waals surface area contributed by atoms with Gasteiger partial charge in [0.25, 0.3) is 0 Å². The van der Waals surface area contributed by atoms with Gasteiger partial charge in [0.1, 0.15) is 5.82 Å². The van der Waals surface area contributed by atoms with Crippen molar-refractivity contribution >= 4 is 16.6 Å². The molecular formula is C9H8N2. The zero-order valence-electron chi connectivity index (χ0n) is 11.5. The van der Waals surface area contributed by atoms with Crippen LogP contribution in [0.2, 0.25) is 0 Å². The third-order valence-electron chi connectivity index (χ3n) is 1.30. The number of nitrogens with zero attached hydrogens (tertiary/aromatic N) is 1. The van der Waals surface area contributed by atoms with Gasteiger partial charge in [-0.05, 0) is 11.4 Å². The zero-order valence-corrected chi connectivity index (χ0v) is 5.52. The molecule has 1 heterocycles. The van der Waals surface area contributed by atoms with E-state index in [-0.39, 0.29) is 34.7 Å². The number of fused-ring (bicyclic) bond motifs is 1. The second-order valence-electron chi connectivity index (χ2n) is 1.98. The van der Waals surface area contributed by atoms with Gasteiger partial charge in [-0.2, -0.15) is 0 Å². The Morgan fingerprint density at radius 1 is 1.27 bits per heavy atom. The highest BCUT2D eigenvalue weighted by Crippen LogP contribution is 2.16. The van der Waals surface area contributed by atoms with Crippen molar-refractivity contribution in [3.63, 3.8) is 0 Å². The van der Waals surface area contributed by atoms with Gasteiger partial charge < -0.3 is 5.73 Å². The molecule has 2 aromatic rings. The molecule has 2 N–H and O–H groups in total. The van der Waals surface area contributed by atoms with E-state index in [1.807, 2.05) is 0 Å². The summed E-state index contributed by atoms with van der Waals surface area (Å²) in [5.41, 5.74) is 5.55. The summed E-state index contributed by atoms with van der Waals surface area (Å²) in [4.78, 5) is 3.58. The fraction of sp³-hybridized carbons (Fsp3) is 0. The number of anilines is 1. The Hall–Kier alpha value is -1.57. The molecule has 0 aliphatic rings. The molecule has 0 saturated carbocycles. The molecule has 2 heteroatoms. The molecule has 0 aliphatic carbocycles. The first-order valence-electron chi connectivity index (χ1n) is 5.99. The molecule has 54 valence electrons. The van der Waals surface area contributed by atoms with Gasteiger partial charge >= 0.3 is 0 Å². The summed E-state index contributed by atoms with van der Waals surface area (Å²) < 4.78 is 45.4. The highest BCUT2D eigenvalue weighted by molar-refractivity contribution is 5.90. The van der Waals surface area contributed by atoms with Crippen molar-refractivity contribution in [3.05, 3.63) is 36.4 Å². The largest absolute Gasteiger partial charge is 0.383 e. The summed E-state index contributed by atoms with van der Waals surface area (Å²) in [5, 5.41) is -0.0644. The minimum absolute atomic E-state index is 0.00278. The van der Waals surface area contributed by atoms with Crippen molar-refractivity contribution in [3.8, 4) is 0 Å². The molecule has 0 fully saturated rings. The van der Waals surface area contributed by atoms with E-state index in [1.54, 1.807) is 0 Å². The fourth-order valence-corrected chi connectivity index (χ4v) is 0.798. The number of rotatable bonds is 0. The average molecular weight is 150 g/mol. The summed E-state index contributed by atoms with van der Waals surface area (Å²) >= 11 is 0. The van der Waals surface area contributed by atoms with Crippen LogP contribution in [0.15, 0.2) is 36.4 Å². The van der Waals surface area contributed by atoms with E-state index >= 15 is 0 Å². The smallest absolute Gasteiger partial charge is 0.131 e. The van der Waals surface area contributed by atoms with E-state index < -0.39 is 18.3 Å². The summed E-state index contributed by atoms with van der Waals surface area (Å²) in [7, 11) is 0. The number of hydrogen-bond acceptors (Lipinski definition) is 2. The van der Waals surface area contributed by atoms with Gasteiger partial charge in [-0.25, -0.2) is 4.98 Å². The van der Waals surface area contributed by atoms with Crippen molar-refractivity contribution < 1.29 is 8.22 Å². The SMILES string of the molecule is [2H]c1nc(N)c2c([2H])c([2H])c([2H])c([2H])c2c1[2H]. The van der Waals surface area contributed by atoms with Gasteiger partial charge in [-0.15, -0.1) is 0 Å². The van der Waals surface area contributed by atoms with E-state index in [0.717, 1.165) is 0 Å². The van der Waals surface area contributed by atoms with Gasteiger partial charge in [-0.1, -0.05) is 24.2 Å². The van der Waals surface area contributed by atoms with E-state index in [1.165, 1.54) is 0 Å². The van der Waals surface area contributed by atoms with Gasteiger partial charge in [0.2, 0.25) is 0 Å². The molecule has 0 saturated heterocycles. The second kappa shape index (κ2) is 2.23. The first kappa shape index (κ1) is 2.48. The highest BCUT2D eigenvalue weighted by Gasteiger charge is 1.94. The van der Waals surface area contributed by atoms with Gasteiger partial charge in [0.15, 0.2) is 0 Å². The third-order valence-corrected chi connectivity index (χ3v) is 1.30. The van der Waals surface area contributed by atoms with Gasteiger partial charge in [0.05, 0.1) is 8.22 Å². The molecule has 0 amide bonds. The molecular weight excluding hydrogens is 136 g/mol. The number of hydrogen-bond donors (Lipinski definition) is 1. The van der Waals surface area contributed by atoms with E-state index in [0.29, 0.717) is 0 Å². The van der Waals surface area contributed by atoms with Crippen molar-refractivity contribution in [2.75, 3.05) is 5.73 Å². The summed E-state index contributed by atoms with van der Waals surface area (Å²) in [6, 6.07) is -1.91. The molecule has 0 unspecified atom stereocenters. The van der Waals surface area contributed by atoms with Crippen molar-refractivity contribution in [1.82, 2.24) is 4.98 Å². The minimum atomic E-state index is -0.444. The van der Waals surface area contributed by atoms with Crippen LogP contribution >= 0.6 is 0 Å². The van der Waals surface area contributed by atoms with E-state index in [4.69, 9.17) is 14.0 Å². The van der Waals surface area contributed by atoms with Crippen LogP contribution in [0.3, 0.4) is 0 Å². The maximum Gasteiger partial charge on any atom is 0.131 e. The van der Waals surface area contributed by atoms with E-state index in [2.05, 4.69) is 4.98 Å². The Morgan fingerprint density at radius 2 is 2.09 bits per heavy atom. The average Bonchev–Trinajstić information content (AvgIpc) is 2.28. The number of benzene rings is 1. The molecule has 11 heavy (non-hydrogen) atoms. The summed E-state index contributed by atoms with van der Waals surface area (Å²) in [5.74, 6) is -0.159. The lowest BCUT2D eigenvalue weighted by Crippen LogP contribution is -1.89. The molecule has 1 aromatic carbocycles. The van der Waals surface area contributed by atoms with Crippen molar-refractivity contribution in [2.24, 2.45) is 0 Å². The van der Waals surface area contributed by atoms with Crippen molar-refractivity contribution in [1.29, 1.82) is 0 Å². The Balaban J connectivity index is 3.17. The fourth-order valence-electron chi connectivity index (χ4n) is 0.798. The maximum absolute atomic E-state index is 7.68. The zero-order chi connectivity index (χ0) is 12.9. The molecule has 2 nitrogen and oxygen atoms in total. The van der Waals surface area contributed by atoms with Crippen LogP contribution in [0.1, 0.15) is 8.22 Å². The monoisotopic (exact) mass is 150 g/mol.